The van der Waals surface area contributed by atoms with Gasteiger partial charge in [0.25, 0.3) is 0 Å². The van der Waals surface area contributed by atoms with Crippen molar-refractivity contribution >= 4 is 21.7 Å². The molecule has 1 aliphatic heterocycles. The minimum atomic E-state index is -0.971. The van der Waals surface area contributed by atoms with E-state index in [0.717, 1.165) is 0 Å². The van der Waals surface area contributed by atoms with Crippen LogP contribution in [0.15, 0.2) is 12.3 Å². The molecule has 0 saturated heterocycles. The molecule has 0 aromatic heterocycles. The SMILES string of the molecule is [CH3][In]1[CH2]C=C[NH]1. The van der Waals surface area contributed by atoms with Crippen LogP contribution >= 0.6 is 0 Å². The van der Waals surface area contributed by atoms with Crippen molar-refractivity contribution < 1.29 is 0 Å². The van der Waals surface area contributed by atoms with Gasteiger partial charge in [-0.1, -0.05) is 0 Å². The van der Waals surface area contributed by atoms with Crippen molar-refractivity contribution in [3.63, 3.8) is 0 Å². The zero-order chi connectivity index (χ0) is 4.41. The summed E-state index contributed by atoms with van der Waals surface area (Å²) in [5.74, 6) is 0. The van der Waals surface area contributed by atoms with Crippen molar-refractivity contribution in [2.45, 2.75) is 8.86 Å². The first-order chi connectivity index (χ1) is 2.89. The van der Waals surface area contributed by atoms with E-state index in [2.05, 4.69) is 20.3 Å². The molecule has 0 bridgehead atoms. The summed E-state index contributed by atoms with van der Waals surface area (Å²) < 4.78 is 7.13. The summed E-state index contributed by atoms with van der Waals surface area (Å²) in [4.78, 5) is 0. The quantitative estimate of drug-likeness (QED) is 0.586. The third-order valence-corrected chi connectivity index (χ3v) is 5.96. The van der Waals surface area contributed by atoms with Crippen LogP contribution in [0.25, 0.3) is 0 Å². The van der Waals surface area contributed by atoms with Gasteiger partial charge in [-0.25, -0.2) is 0 Å². The standard InChI is InChI=1S/C3H5N.CH3.In/c1-2-3-4;;/h2-4H,1H2;1H3;/q-1;;+1. The molecule has 0 saturated carbocycles. The van der Waals surface area contributed by atoms with E-state index >= 15 is 0 Å². The summed E-state index contributed by atoms with van der Waals surface area (Å²) in [6.07, 6.45) is 4.33. The molecular formula is C4H8InN. The minimum absolute atomic E-state index is 0.971. The zero-order valence-corrected chi connectivity index (χ0v) is 7.23. The van der Waals surface area contributed by atoms with E-state index in [1.54, 1.807) is 0 Å². The molecule has 6 heavy (non-hydrogen) atoms. The van der Waals surface area contributed by atoms with E-state index in [-0.39, 0.29) is 0 Å². The molecule has 0 unspecified atom stereocenters. The summed E-state index contributed by atoms with van der Waals surface area (Å²) in [5.41, 5.74) is 0. The fraction of sp³-hybridized carbons (Fsp3) is 0.500. The second kappa shape index (κ2) is 1.92. The van der Waals surface area contributed by atoms with Gasteiger partial charge >= 0.3 is 46.2 Å². The second-order valence-electron chi connectivity index (χ2n) is 1.71. The fourth-order valence-corrected chi connectivity index (χ4v) is 3.84. The Balaban J connectivity index is 2.32. The van der Waals surface area contributed by atoms with Crippen LogP contribution in [-0.2, 0) is 0 Å². The summed E-state index contributed by atoms with van der Waals surface area (Å²) in [5, 5.41) is 0. The molecule has 0 spiro atoms. The molecule has 0 aromatic carbocycles. The molecule has 1 rings (SSSR count). The Morgan fingerprint density at radius 2 is 2.67 bits per heavy atom. The van der Waals surface area contributed by atoms with Crippen molar-refractivity contribution in [3.05, 3.63) is 12.3 Å². The first kappa shape index (κ1) is 4.57. The summed E-state index contributed by atoms with van der Waals surface area (Å²) >= 11 is -0.971. The molecule has 1 N–H and O–H groups in total. The van der Waals surface area contributed by atoms with Crippen LogP contribution in [0.1, 0.15) is 0 Å². The average molecular weight is 185 g/mol. The van der Waals surface area contributed by atoms with Crippen LogP contribution in [0.3, 0.4) is 0 Å². The zero-order valence-electron chi connectivity index (χ0n) is 3.94. The number of allylic oxidation sites excluding steroid dienone is 1. The molecule has 1 aliphatic rings. The molecule has 32 valence electrons. The van der Waals surface area contributed by atoms with Crippen LogP contribution < -0.4 is 3.30 Å². The predicted molar refractivity (Wildman–Crippen MR) is 28.7 cm³/mol. The van der Waals surface area contributed by atoms with Crippen molar-refractivity contribution in [2.24, 2.45) is 0 Å². The van der Waals surface area contributed by atoms with Crippen molar-refractivity contribution in [3.8, 4) is 0 Å². The van der Waals surface area contributed by atoms with E-state index in [1.807, 2.05) is 0 Å². The molecule has 0 radical (unpaired) electrons. The van der Waals surface area contributed by atoms with Crippen LogP contribution in [-0.4, -0.2) is 21.7 Å². The Labute approximate surface area is 46.4 Å². The Morgan fingerprint density at radius 3 is 2.83 bits per heavy atom. The van der Waals surface area contributed by atoms with Gasteiger partial charge in [0.1, 0.15) is 0 Å². The Hall–Kier alpha value is 0.410. The molecule has 2 heteroatoms. The maximum absolute atomic E-state index is 3.35. The molecule has 0 amide bonds. The van der Waals surface area contributed by atoms with Crippen LogP contribution in [0, 0.1) is 0 Å². The first-order valence-electron chi connectivity index (χ1n) is 2.30. The van der Waals surface area contributed by atoms with Crippen molar-refractivity contribution in [2.75, 3.05) is 0 Å². The van der Waals surface area contributed by atoms with Gasteiger partial charge < -0.3 is 0 Å². The average Bonchev–Trinajstić information content (AvgIpc) is 1.86. The van der Waals surface area contributed by atoms with Crippen molar-refractivity contribution in [1.29, 1.82) is 0 Å². The Morgan fingerprint density at radius 1 is 1.83 bits per heavy atom. The van der Waals surface area contributed by atoms with E-state index in [4.69, 9.17) is 0 Å². The van der Waals surface area contributed by atoms with Crippen molar-refractivity contribution in [1.82, 2.24) is 3.30 Å². The van der Waals surface area contributed by atoms with E-state index in [0.29, 0.717) is 0 Å². The molecule has 1 heterocycles. The number of hydrogen-bond donors (Lipinski definition) is 1. The van der Waals surface area contributed by atoms with E-state index < -0.39 is 21.7 Å². The number of nitrogens with one attached hydrogen (secondary N) is 1. The summed E-state index contributed by atoms with van der Waals surface area (Å²) in [7, 11) is 0. The second-order valence-corrected chi connectivity index (χ2v) is 9.15. The summed E-state index contributed by atoms with van der Waals surface area (Å²) in [6.45, 7) is 0. The Bertz CT molecular complexity index is 61.9. The number of hydrogen-bond acceptors (Lipinski definition) is 1. The van der Waals surface area contributed by atoms with Crippen LogP contribution in [0.2, 0.25) is 8.86 Å². The third kappa shape index (κ3) is 0.934. The maximum atomic E-state index is 3.35. The van der Waals surface area contributed by atoms with Gasteiger partial charge in [0.15, 0.2) is 0 Å². The van der Waals surface area contributed by atoms with Crippen LogP contribution in [0.5, 0.6) is 0 Å². The normalized spacial score (nSPS) is 18.5. The van der Waals surface area contributed by atoms with E-state index in [9.17, 15) is 0 Å². The fourth-order valence-electron chi connectivity index (χ4n) is 0.573. The van der Waals surface area contributed by atoms with Gasteiger partial charge in [-0.05, 0) is 0 Å². The molecule has 1 nitrogen and oxygen atoms in total. The van der Waals surface area contributed by atoms with Gasteiger partial charge in [0, 0.05) is 0 Å². The molecule has 0 atom stereocenters. The molecule has 0 aromatic rings. The molecule has 0 aliphatic carbocycles. The van der Waals surface area contributed by atoms with Gasteiger partial charge in [-0.2, -0.15) is 0 Å². The first-order valence-corrected chi connectivity index (χ1v) is 9.58. The van der Waals surface area contributed by atoms with Gasteiger partial charge in [-0.15, -0.1) is 0 Å². The predicted octanol–water partition coefficient (Wildman–Crippen LogP) is 0.725. The monoisotopic (exact) mass is 185 g/mol. The van der Waals surface area contributed by atoms with E-state index in [1.165, 1.54) is 4.18 Å². The van der Waals surface area contributed by atoms with Gasteiger partial charge in [0.2, 0.25) is 0 Å². The Kier molecular flexibility index (Phi) is 1.46. The number of rotatable bonds is 0. The van der Waals surface area contributed by atoms with Gasteiger partial charge in [-0.3, -0.25) is 0 Å². The van der Waals surface area contributed by atoms with Gasteiger partial charge in [0.05, 0.1) is 0 Å². The molecule has 0 fully saturated rings. The van der Waals surface area contributed by atoms with Crippen LogP contribution in [0.4, 0.5) is 0 Å². The third-order valence-electron chi connectivity index (χ3n) is 0.988. The molecular weight excluding hydrogens is 177 g/mol. The summed E-state index contributed by atoms with van der Waals surface area (Å²) in [6, 6.07) is 0. The topological polar surface area (TPSA) is 12.0 Å².